The number of rotatable bonds is 6. The zero-order valence-corrected chi connectivity index (χ0v) is 14.6. The van der Waals surface area contributed by atoms with Gasteiger partial charge in [0, 0.05) is 17.0 Å². The van der Waals surface area contributed by atoms with Crippen molar-refractivity contribution in [1.29, 1.82) is 0 Å². The minimum Gasteiger partial charge on any atom is -0.494 e. The van der Waals surface area contributed by atoms with E-state index < -0.39 is 0 Å². The van der Waals surface area contributed by atoms with Gasteiger partial charge in [-0.2, -0.15) is 0 Å². The van der Waals surface area contributed by atoms with Crippen LogP contribution in [0.5, 0.6) is 5.75 Å². The maximum Gasteiger partial charge on any atom is 0.250 e. The quantitative estimate of drug-likeness (QED) is 0.646. The van der Waals surface area contributed by atoms with Crippen molar-refractivity contribution in [3.05, 3.63) is 71.6 Å². The van der Waals surface area contributed by atoms with Crippen LogP contribution in [0.2, 0.25) is 0 Å². The fraction of sp³-hybridized carbons (Fsp3) is 0.100. The molecule has 0 radical (unpaired) electrons. The minimum atomic E-state index is -0.206. The number of anilines is 1. The molecule has 0 aliphatic carbocycles. The van der Waals surface area contributed by atoms with E-state index in [1.54, 1.807) is 6.08 Å². The molecule has 0 aliphatic rings. The standard InChI is InChI=1S/C20H18N2O2S/c1-2-24-17-11-8-15(9-12-17)10-13-19(23)22-20-21-18(14-25-20)16-6-4-3-5-7-16/h3-14H,2H2,1H3,(H,21,22,23). The van der Waals surface area contributed by atoms with Crippen LogP contribution in [0.15, 0.2) is 66.1 Å². The molecule has 0 aliphatic heterocycles. The zero-order valence-electron chi connectivity index (χ0n) is 13.8. The van der Waals surface area contributed by atoms with Crippen LogP contribution >= 0.6 is 11.3 Å². The molecule has 0 bridgehead atoms. The van der Waals surface area contributed by atoms with Crippen LogP contribution in [0, 0.1) is 0 Å². The normalized spacial score (nSPS) is 10.8. The van der Waals surface area contributed by atoms with Gasteiger partial charge >= 0.3 is 0 Å². The van der Waals surface area contributed by atoms with Gasteiger partial charge in [-0.1, -0.05) is 42.5 Å². The van der Waals surface area contributed by atoms with Crippen LogP contribution in [0.4, 0.5) is 5.13 Å². The Morgan fingerprint density at radius 1 is 1.16 bits per heavy atom. The number of aromatic nitrogens is 1. The summed E-state index contributed by atoms with van der Waals surface area (Å²) in [6, 6.07) is 17.5. The summed E-state index contributed by atoms with van der Waals surface area (Å²) in [6.07, 6.45) is 3.26. The lowest BCUT2D eigenvalue weighted by Gasteiger charge is -2.02. The fourth-order valence-electron chi connectivity index (χ4n) is 2.23. The first-order valence-electron chi connectivity index (χ1n) is 7.97. The minimum absolute atomic E-state index is 0.206. The molecule has 4 nitrogen and oxygen atoms in total. The van der Waals surface area contributed by atoms with Gasteiger partial charge in [0.15, 0.2) is 5.13 Å². The van der Waals surface area contributed by atoms with E-state index in [1.807, 2.05) is 66.9 Å². The predicted octanol–water partition coefficient (Wildman–Crippen LogP) is 4.86. The number of hydrogen-bond acceptors (Lipinski definition) is 4. The average Bonchev–Trinajstić information content (AvgIpc) is 3.11. The van der Waals surface area contributed by atoms with Crippen molar-refractivity contribution in [2.24, 2.45) is 0 Å². The third-order valence-corrected chi connectivity index (χ3v) is 4.18. The van der Waals surface area contributed by atoms with Crippen LogP contribution < -0.4 is 10.1 Å². The maximum absolute atomic E-state index is 12.0. The summed E-state index contributed by atoms with van der Waals surface area (Å²) in [5.74, 6) is 0.614. The predicted molar refractivity (Wildman–Crippen MR) is 103 cm³/mol. The van der Waals surface area contributed by atoms with Gasteiger partial charge in [0.05, 0.1) is 12.3 Å². The molecule has 1 amide bonds. The molecule has 0 saturated heterocycles. The van der Waals surface area contributed by atoms with E-state index in [9.17, 15) is 4.79 Å². The molecule has 5 heteroatoms. The summed E-state index contributed by atoms with van der Waals surface area (Å²) in [7, 11) is 0. The van der Waals surface area contributed by atoms with Crippen molar-refractivity contribution < 1.29 is 9.53 Å². The zero-order chi connectivity index (χ0) is 17.5. The van der Waals surface area contributed by atoms with Crippen LogP contribution in [-0.4, -0.2) is 17.5 Å². The van der Waals surface area contributed by atoms with Crippen molar-refractivity contribution in [2.45, 2.75) is 6.92 Å². The maximum atomic E-state index is 12.0. The van der Waals surface area contributed by atoms with Gasteiger partial charge in [0.25, 0.3) is 0 Å². The van der Waals surface area contributed by atoms with Crippen molar-refractivity contribution in [1.82, 2.24) is 4.98 Å². The molecule has 0 saturated carbocycles. The fourth-order valence-corrected chi connectivity index (χ4v) is 2.96. The van der Waals surface area contributed by atoms with E-state index in [-0.39, 0.29) is 5.91 Å². The first kappa shape index (κ1) is 16.9. The molecule has 126 valence electrons. The van der Waals surface area contributed by atoms with Crippen molar-refractivity contribution in [3.63, 3.8) is 0 Å². The SMILES string of the molecule is CCOc1ccc(C=CC(=O)Nc2nc(-c3ccccc3)cs2)cc1. The monoisotopic (exact) mass is 350 g/mol. The third-order valence-electron chi connectivity index (χ3n) is 3.42. The van der Waals surface area contributed by atoms with Gasteiger partial charge in [-0.3, -0.25) is 10.1 Å². The number of benzene rings is 2. The molecule has 1 N–H and O–H groups in total. The van der Waals surface area contributed by atoms with E-state index in [1.165, 1.54) is 17.4 Å². The first-order chi connectivity index (χ1) is 12.2. The Labute approximate surface area is 150 Å². The highest BCUT2D eigenvalue weighted by Gasteiger charge is 2.06. The summed E-state index contributed by atoms with van der Waals surface area (Å²) in [5.41, 5.74) is 2.82. The highest BCUT2D eigenvalue weighted by molar-refractivity contribution is 7.14. The molecule has 2 aromatic carbocycles. The summed E-state index contributed by atoms with van der Waals surface area (Å²) >= 11 is 1.41. The number of amides is 1. The Balaban J connectivity index is 1.60. The molecule has 3 rings (SSSR count). The lowest BCUT2D eigenvalue weighted by Crippen LogP contribution is -2.07. The number of hydrogen-bond donors (Lipinski definition) is 1. The van der Waals surface area contributed by atoms with Gasteiger partial charge < -0.3 is 4.74 Å². The molecule has 3 aromatic rings. The van der Waals surface area contributed by atoms with Crippen molar-refractivity contribution >= 4 is 28.5 Å². The number of nitrogens with zero attached hydrogens (tertiary/aromatic N) is 1. The van der Waals surface area contributed by atoms with Crippen LogP contribution in [0.3, 0.4) is 0 Å². The summed E-state index contributed by atoms with van der Waals surface area (Å²) in [5, 5.41) is 5.31. The molecule has 25 heavy (non-hydrogen) atoms. The summed E-state index contributed by atoms with van der Waals surface area (Å²) in [4.78, 5) is 16.5. The van der Waals surface area contributed by atoms with Crippen molar-refractivity contribution in [3.8, 4) is 17.0 Å². The Morgan fingerprint density at radius 2 is 1.92 bits per heavy atom. The Hall–Kier alpha value is -2.92. The Bertz CT molecular complexity index is 855. The summed E-state index contributed by atoms with van der Waals surface area (Å²) in [6.45, 7) is 2.58. The second-order valence-electron chi connectivity index (χ2n) is 5.23. The first-order valence-corrected chi connectivity index (χ1v) is 8.85. The molecular formula is C20H18N2O2S. The number of carbonyl (C=O) groups excluding carboxylic acids is 1. The lowest BCUT2D eigenvalue weighted by atomic mass is 10.2. The van der Waals surface area contributed by atoms with Crippen molar-refractivity contribution in [2.75, 3.05) is 11.9 Å². The lowest BCUT2D eigenvalue weighted by molar-refractivity contribution is -0.111. The highest BCUT2D eigenvalue weighted by atomic mass is 32.1. The van der Waals surface area contributed by atoms with Crippen LogP contribution in [0.1, 0.15) is 12.5 Å². The second-order valence-corrected chi connectivity index (χ2v) is 6.09. The van der Waals surface area contributed by atoms with Gasteiger partial charge in [-0.05, 0) is 30.7 Å². The van der Waals surface area contributed by atoms with Gasteiger partial charge in [-0.15, -0.1) is 11.3 Å². The molecule has 1 aromatic heterocycles. The highest BCUT2D eigenvalue weighted by Crippen LogP contribution is 2.24. The van der Waals surface area contributed by atoms with E-state index >= 15 is 0 Å². The molecule has 0 fully saturated rings. The smallest absolute Gasteiger partial charge is 0.250 e. The molecule has 0 atom stereocenters. The van der Waals surface area contributed by atoms with E-state index in [0.717, 1.165) is 22.6 Å². The number of carbonyl (C=O) groups is 1. The molecule has 0 unspecified atom stereocenters. The Kier molecular flexibility index (Phi) is 5.59. The number of thiazole rings is 1. The second kappa shape index (κ2) is 8.26. The van der Waals surface area contributed by atoms with E-state index in [4.69, 9.17) is 4.74 Å². The summed E-state index contributed by atoms with van der Waals surface area (Å²) < 4.78 is 5.39. The average molecular weight is 350 g/mol. The van der Waals surface area contributed by atoms with E-state index in [0.29, 0.717) is 11.7 Å². The van der Waals surface area contributed by atoms with Crippen LogP contribution in [0.25, 0.3) is 17.3 Å². The Morgan fingerprint density at radius 3 is 2.64 bits per heavy atom. The largest absolute Gasteiger partial charge is 0.494 e. The number of ether oxygens (including phenoxy) is 1. The molecular weight excluding hydrogens is 332 g/mol. The van der Waals surface area contributed by atoms with Gasteiger partial charge in [0.2, 0.25) is 5.91 Å². The molecule has 0 spiro atoms. The molecule has 1 heterocycles. The van der Waals surface area contributed by atoms with Gasteiger partial charge in [0.1, 0.15) is 5.75 Å². The van der Waals surface area contributed by atoms with Crippen LogP contribution in [-0.2, 0) is 4.79 Å². The van der Waals surface area contributed by atoms with E-state index in [2.05, 4.69) is 10.3 Å². The van der Waals surface area contributed by atoms with Gasteiger partial charge in [-0.25, -0.2) is 4.98 Å². The third kappa shape index (κ3) is 4.78. The number of nitrogens with one attached hydrogen (secondary N) is 1. The topological polar surface area (TPSA) is 51.2 Å².